The first kappa shape index (κ1) is 21.4. The van der Waals surface area contributed by atoms with E-state index in [0.29, 0.717) is 61.0 Å². The van der Waals surface area contributed by atoms with E-state index in [4.69, 9.17) is 15.5 Å². The highest BCUT2D eigenvalue weighted by molar-refractivity contribution is 8.24. The Morgan fingerprint density at radius 1 is 1.19 bits per heavy atom. The average Bonchev–Trinajstić information content (AvgIpc) is 2.89. The molecule has 3 heterocycles. The number of hydrogen-bond acceptors (Lipinski definition) is 7. The lowest BCUT2D eigenvalue weighted by atomic mass is 9.86. The predicted molar refractivity (Wildman–Crippen MR) is 126 cm³/mol. The highest BCUT2D eigenvalue weighted by Gasteiger charge is 2.37. The number of fused-ring (bicyclic) bond motifs is 2. The Bertz CT molecular complexity index is 1150. The Morgan fingerprint density at radius 3 is 2.75 bits per heavy atom. The number of rotatable bonds is 5. The number of anilines is 2. The Morgan fingerprint density at radius 2 is 2.00 bits per heavy atom. The smallest absolute Gasteiger partial charge is 0.131 e. The molecule has 32 heavy (non-hydrogen) atoms. The second kappa shape index (κ2) is 8.17. The number of nitrogens with two attached hydrogens (primary N) is 1. The number of nitrogens with zero attached hydrogens (tertiary/aromatic N) is 2. The van der Waals surface area contributed by atoms with Crippen LogP contribution in [0.5, 0.6) is 0 Å². The molecule has 5 rings (SSSR count). The third kappa shape index (κ3) is 3.91. The van der Waals surface area contributed by atoms with Gasteiger partial charge in [-0.05, 0) is 29.8 Å². The molecule has 2 aliphatic rings. The molecule has 1 fully saturated rings. The van der Waals surface area contributed by atoms with Crippen molar-refractivity contribution >= 4 is 33.0 Å². The van der Waals surface area contributed by atoms with Gasteiger partial charge in [-0.3, -0.25) is 9.11 Å². The van der Waals surface area contributed by atoms with E-state index in [9.17, 15) is 13.5 Å². The molecule has 1 aromatic heterocycles. The van der Waals surface area contributed by atoms with Crippen molar-refractivity contribution in [1.82, 2.24) is 4.98 Å². The van der Waals surface area contributed by atoms with Gasteiger partial charge in [0.15, 0.2) is 0 Å². The maximum atomic E-state index is 14.0. The minimum absolute atomic E-state index is 0.124. The molecule has 5 N–H and O–H groups in total. The number of benzene rings is 2. The van der Waals surface area contributed by atoms with Crippen LogP contribution >= 0.6 is 10.6 Å². The molecular weight excluding hydrogens is 431 g/mol. The zero-order valence-electron chi connectivity index (χ0n) is 17.6. The van der Waals surface area contributed by atoms with E-state index in [2.05, 4.69) is 5.32 Å². The summed E-state index contributed by atoms with van der Waals surface area (Å²) in [6.07, 6.45) is 0. The topological polar surface area (TPSA) is 104 Å². The molecule has 3 aromatic rings. The van der Waals surface area contributed by atoms with Crippen molar-refractivity contribution in [2.45, 2.75) is 11.4 Å². The van der Waals surface area contributed by atoms with Crippen LogP contribution in [0.4, 0.5) is 15.9 Å². The molecule has 0 saturated carbocycles. The van der Waals surface area contributed by atoms with Gasteiger partial charge in [0.1, 0.15) is 11.6 Å². The Labute approximate surface area is 187 Å². The summed E-state index contributed by atoms with van der Waals surface area (Å²) < 4.78 is 40.8. The molecule has 2 aliphatic heterocycles. The van der Waals surface area contributed by atoms with Gasteiger partial charge >= 0.3 is 0 Å². The monoisotopic (exact) mass is 458 g/mol. The first-order valence-electron chi connectivity index (χ1n) is 10.6. The number of nitrogens with one attached hydrogen (secondary N) is 1. The molecule has 0 atom stereocenters. The van der Waals surface area contributed by atoms with Crippen LogP contribution in [0.15, 0.2) is 53.4 Å². The summed E-state index contributed by atoms with van der Waals surface area (Å²) in [5.41, 5.74) is 8.15. The van der Waals surface area contributed by atoms with Crippen LogP contribution in [0.25, 0.3) is 10.9 Å². The second-order valence-corrected chi connectivity index (χ2v) is 10.8. The van der Waals surface area contributed by atoms with Crippen LogP contribution in [0.3, 0.4) is 0 Å². The molecule has 170 valence electrons. The Kier molecular flexibility index (Phi) is 5.47. The van der Waals surface area contributed by atoms with E-state index < -0.39 is 10.6 Å². The van der Waals surface area contributed by atoms with Gasteiger partial charge in [-0.2, -0.15) is 10.6 Å². The molecule has 0 spiro atoms. The predicted octanol–water partition coefficient (Wildman–Crippen LogP) is 3.89. The highest BCUT2D eigenvalue weighted by Crippen LogP contribution is 2.51. The molecule has 2 aromatic carbocycles. The van der Waals surface area contributed by atoms with E-state index in [0.717, 1.165) is 11.3 Å². The lowest BCUT2D eigenvalue weighted by Gasteiger charge is -2.40. The molecular formula is C23H27FN4O3S. The van der Waals surface area contributed by atoms with Gasteiger partial charge in [0, 0.05) is 48.7 Å². The van der Waals surface area contributed by atoms with Crippen molar-refractivity contribution in [2.24, 2.45) is 11.1 Å². The molecule has 1 saturated heterocycles. The number of halogens is 1. The first-order chi connectivity index (χ1) is 15.4. The van der Waals surface area contributed by atoms with Crippen molar-refractivity contribution < 1.29 is 18.2 Å². The van der Waals surface area contributed by atoms with Crippen molar-refractivity contribution in [1.29, 1.82) is 0 Å². The van der Waals surface area contributed by atoms with Gasteiger partial charge < -0.3 is 20.7 Å². The Hall–Kier alpha value is -2.43. The number of ether oxygens (including phenoxy) is 1. The molecule has 0 bridgehead atoms. The highest BCUT2D eigenvalue weighted by atomic mass is 32.3. The average molecular weight is 459 g/mol. The van der Waals surface area contributed by atoms with E-state index in [1.807, 2.05) is 29.2 Å². The minimum Gasteiger partial charge on any atom is -0.384 e. The molecule has 0 radical (unpaired) electrons. The van der Waals surface area contributed by atoms with E-state index in [1.165, 1.54) is 12.1 Å². The number of aromatic nitrogens is 1. The van der Waals surface area contributed by atoms with Gasteiger partial charge in [-0.25, -0.2) is 9.37 Å². The fourth-order valence-corrected chi connectivity index (χ4v) is 5.78. The number of pyridine rings is 1. The largest absolute Gasteiger partial charge is 0.384 e. The van der Waals surface area contributed by atoms with Crippen LogP contribution in [-0.2, 0) is 11.3 Å². The van der Waals surface area contributed by atoms with Crippen LogP contribution in [0, 0.1) is 11.2 Å². The van der Waals surface area contributed by atoms with Crippen LogP contribution in [0.1, 0.15) is 5.56 Å². The summed E-state index contributed by atoms with van der Waals surface area (Å²) >= 11 is 0. The SMILES string of the molecule is NCC1(CNc2cc(N3CCS(O)(O)c4ccccc4C3)nc3ccc(F)cc23)COC1. The summed E-state index contributed by atoms with van der Waals surface area (Å²) in [6, 6.07) is 13.9. The second-order valence-electron chi connectivity index (χ2n) is 8.64. The van der Waals surface area contributed by atoms with Crippen LogP contribution < -0.4 is 16.0 Å². The fraction of sp³-hybridized carbons (Fsp3) is 0.348. The molecule has 9 heteroatoms. The van der Waals surface area contributed by atoms with Gasteiger partial charge in [-0.1, -0.05) is 18.2 Å². The summed E-state index contributed by atoms with van der Waals surface area (Å²) in [5, 5.41) is 4.15. The van der Waals surface area contributed by atoms with Crippen molar-refractivity contribution in [3.05, 3.63) is 59.9 Å². The lowest BCUT2D eigenvalue weighted by molar-refractivity contribution is -0.0979. The van der Waals surface area contributed by atoms with Gasteiger partial charge in [-0.15, -0.1) is 0 Å². The maximum Gasteiger partial charge on any atom is 0.131 e. The van der Waals surface area contributed by atoms with Gasteiger partial charge in [0.25, 0.3) is 0 Å². The normalized spacial score (nSPS) is 20.2. The zero-order valence-corrected chi connectivity index (χ0v) is 18.4. The third-order valence-electron chi connectivity index (χ3n) is 6.32. The standard InChI is InChI=1S/C23H27FN4O3S/c24-17-5-6-19-18(9-17)20(26-13-23(12-25)14-31-15-23)10-22(27-19)28-7-8-32(29,30)21-4-2-1-3-16(21)11-28/h1-6,9-10,29-30H,7-8,11-15,25H2,(H,26,27). The van der Waals surface area contributed by atoms with E-state index in [-0.39, 0.29) is 17.0 Å². The lowest BCUT2D eigenvalue weighted by Crippen LogP contribution is -2.52. The van der Waals surface area contributed by atoms with Crippen molar-refractivity contribution in [3.63, 3.8) is 0 Å². The third-order valence-corrected chi connectivity index (χ3v) is 8.17. The van der Waals surface area contributed by atoms with Crippen molar-refractivity contribution in [2.75, 3.05) is 48.8 Å². The number of hydrogen-bond donors (Lipinski definition) is 4. The van der Waals surface area contributed by atoms with Crippen molar-refractivity contribution in [3.8, 4) is 0 Å². The summed E-state index contributed by atoms with van der Waals surface area (Å²) in [7, 11) is -2.87. The molecule has 7 nitrogen and oxygen atoms in total. The van der Waals surface area contributed by atoms with Crippen LogP contribution in [0.2, 0.25) is 0 Å². The molecule has 0 unspecified atom stereocenters. The Balaban J connectivity index is 1.52. The zero-order chi connectivity index (χ0) is 22.3. The maximum absolute atomic E-state index is 14.0. The summed E-state index contributed by atoms with van der Waals surface area (Å²) in [5.74, 6) is 0.599. The van der Waals surface area contributed by atoms with E-state index in [1.54, 1.807) is 12.1 Å². The quantitative estimate of drug-likeness (QED) is 0.460. The van der Waals surface area contributed by atoms with Gasteiger partial charge in [0.2, 0.25) is 0 Å². The first-order valence-corrected chi connectivity index (χ1v) is 12.3. The molecule has 0 aliphatic carbocycles. The minimum atomic E-state index is -2.87. The fourth-order valence-electron chi connectivity index (χ4n) is 4.24. The summed E-state index contributed by atoms with van der Waals surface area (Å²) in [4.78, 5) is 7.41. The van der Waals surface area contributed by atoms with Gasteiger partial charge in [0.05, 0.1) is 29.4 Å². The molecule has 0 amide bonds. The van der Waals surface area contributed by atoms with Crippen LogP contribution in [-0.4, -0.2) is 52.7 Å². The summed E-state index contributed by atoms with van der Waals surface area (Å²) in [6.45, 7) is 3.26. The van der Waals surface area contributed by atoms with E-state index >= 15 is 0 Å².